The summed E-state index contributed by atoms with van der Waals surface area (Å²) in [6, 6.07) is 56.7. The molecule has 0 saturated heterocycles. The molecule has 0 unspecified atom stereocenters. The van der Waals surface area contributed by atoms with Gasteiger partial charge < -0.3 is 9.47 Å². The predicted molar refractivity (Wildman–Crippen MR) is 220 cm³/mol. The van der Waals surface area contributed by atoms with Crippen LogP contribution in [-0.4, -0.2) is 4.57 Å². The van der Waals surface area contributed by atoms with Crippen LogP contribution in [0.25, 0.3) is 56.6 Å². The molecule has 0 fully saturated rings. The van der Waals surface area contributed by atoms with Crippen molar-refractivity contribution in [3.05, 3.63) is 199 Å². The first kappa shape index (κ1) is 31.9. The third kappa shape index (κ3) is 6.17. The van der Waals surface area contributed by atoms with Gasteiger partial charge in [-0.2, -0.15) is 0 Å². The van der Waals surface area contributed by atoms with E-state index < -0.39 is 0 Å². The molecule has 1 heterocycles. The third-order valence-corrected chi connectivity index (χ3v) is 9.80. The smallest absolute Gasteiger partial charge is 0.0541 e. The standard InChI is InChI=1S/C49H40N2/c1-3-15-45-46-21-12-14-23-49(46)51(47(45)4-2)48-22-13-11-20-44(48)40-28-34-43(35-29-40)50(41-30-24-38(25-31-41)36-16-7-5-8-17-36)42-32-26-39(27-33-42)37-18-9-6-10-19-37/h3-10,12-19,21-35H,2,11,20H2,1H3/b15-3-. The minimum atomic E-state index is 0.971. The fourth-order valence-corrected chi connectivity index (χ4v) is 7.37. The van der Waals surface area contributed by atoms with Gasteiger partial charge >= 0.3 is 0 Å². The molecule has 8 rings (SSSR count). The van der Waals surface area contributed by atoms with Crippen LogP contribution in [0.3, 0.4) is 0 Å². The lowest BCUT2D eigenvalue weighted by Gasteiger charge is -2.27. The second-order valence-electron chi connectivity index (χ2n) is 12.9. The molecule has 1 aromatic heterocycles. The first-order valence-corrected chi connectivity index (χ1v) is 17.7. The molecule has 0 atom stereocenters. The third-order valence-electron chi connectivity index (χ3n) is 9.80. The monoisotopic (exact) mass is 656 g/mol. The van der Waals surface area contributed by atoms with Crippen molar-refractivity contribution in [2.45, 2.75) is 19.8 Å². The number of rotatable bonds is 9. The molecule has 0 radical (unpaired) electrons. The molecule has 0 amide bonds. The van der Waals surface area contributed by atoms with Crippen molar-refractivity contribution in [3.63, 3.8) is 0 Å². The highest BCUT2D eigenvalue weighted by atomic mass is 15.1. The summed E-state index contributed by atoms with van der Waals surface area (Å²) in [4.78, 5) is 2.35. The van der Waals surface area contributed by atoms with Gasteiger partial charge in [-0.1, -0.05) is 140 Å². The normalized spacial score (nSPS) is 12.9. The number of para-hydroxylation sites is 1. The Morgan fingerprint density at radius 3 is 1.59 bits per heavy atom. The molecule has 6 aromatic carbocycles. The first-order chi connectivity index (χ1) is 25.2. The van der Waals surface area contributed by atoms with E-state index in [1.165, 1.54) is 55.6 Å². The molecule has 246 valence electrons. The van der Waals surface area contributed by atoms with E-state index in [4.69, 9.17) is 0 Å². The molecule has 0 spiro atoms. The SMILES string of the molecule is C=Cc1c(/C=C\C)c2ccccc2n1C1=C(c2ccc(N(c3ccc(-c4ccccc4)cc3)c3ccc(-c4ccccc4)cc3)cc2)CCC=C1. The Kier molecular flexibility index (Phi) is 8.89. The Bertz CT molecular complexity index is 2310. The second kappa shape index (κ2) is 14.2. The largest absolute Gasteiger partial charge is 0.311 e. The van der Waals surface area contributed by atoms with E-state index in [0.29, 0.717) is 0 Å². The molecule has 2 nitrogen and oxygen atoms in total. The van der Waals surface area contributed by atoms with Gasteiger partial charge in [0.05, 0.1) is 11.2 Å². The van der Waals surface area contributed by atoms with Gasteiger partial charge in [-0.05, 0) is 108 Å². The highest BCUT2D eigenvalue weighted by Gasteiger charge is 2.21. The van der Waals surface area contributed by atoms with E-state index in [9.17, 15) is 0 Å². The van der Waals surface area contributed by atoms with E-state index in [1.54, 1.807) is 0 Å². The molecule has 7 aromatic rings. The molecule has 0 bridgehead atoms. The van der Waals surface area contributed by atoms with Crippen LogP contribution in [0.15, 0.2) is 183 Å². The molecule has 51 heavy (non-hydrogen) atoms. The fourth-order valence-electron chi connectivity index (χ4n) is 7.37. The average molecular weight is 657 g/mol. The van der Waals surface area contributed by atoms with Crippen molar-refractivity contribution in [3.8, 4) is 22.3 Å². The number of allylic oxidation sites excluding steroid dienone is 5. The van der Waals surface area contributed by atoms with Crippen LogP contribution in [0.1, 0.15) is 36.6 Å². The van der Waals surface area contributed by atoms with Gasteiger partial charge in [0.25, 0.3) is 0 Å². The van der Waals surface area contributed by atoms with Crippen molar-refractivity contribution in [1.29, 1.82) is 0 Å². The Labute approximate surface area is 301 Å². The summed E-state index contributed by atoms with van der Waals surface area (Å²) in [7, 11) is 0. The predicted octanol–water partition coefficient (Wildman–Crippen LogP) is 13.8. The van der Waals surface area contributed by atoms with Crippen molar-refractivity contribution in [1.82, 2.24) is 4.57 Å². The average Bonchev–Trinajstić information content (AvgIpc) is 3.52. The highest BCUT2D eigenvalue weighted by Crippen LogP contribution is 2.41. The van der Waals surface area contributed by atoms with E-state index >= 15 is 0 Å². The zero-order valence-electron chi connectivity index (χ0n) is 28.9. The molecule has 0 saturated carbocycles. The number of nitrogens with zero attached hydrogens (tertiary/aromatic N) is 2. The van der Waals surface area contributed by atoms with Crippen LogP contribution in [-0.2, 0) is 0 Å². The summed E-state index contributed by atoms with van der Waals surface area (Å²) >= 11 is 0. The van der Waals surface area contributed by atoms with E-state index in [0.717, 1.165) is 35.6 Å². The summed E-state index contributed by atoms with van der Waals surface area (Å²) in [5.41, 5.74) is 15.5. The maximum Gasteiger partial charge on any atom is 0.0541 e. The first-order valence-electron chi connectivity index (χ1n) is 17.7. The molecule has 1 aliphatic rings. The summed E-state index contributed by atoms with van der Waals surface area (Å²) in [5.74, 6) is 0. The summed E-state index contributed by atoms with van der Waals surface area (Å²) < 4.78 is 2.39. The van der Waals surface area contributed by atoms with Crippen LogP contribution >= 0.6 is 0 Å². The van der Waals surface area contributed by atoms with Crippen molar-refractivity contribution in [2.75, 3.05) is 4.90 Å². The molecule has 0 aliphatic heterocycles. The van der Waals surface area contributed by atoms with Gasteiger partial charge in [0.15, 0.2) is 0 Å². The Balaban J connectivity index is 1.21. The van der Waals surface area contributed by atoms with Gasteiger partial charge in [0.2, 0.25) is 0 Å². The zero-order valence-corrected chi connectivity index (χ0v) is 28.9. The number of benzene rings is 6. The Morgan fingerprint density at radius 2 is 1.06 bits per heavy atom. The number of aromatic nitrogens is 1. The van der Waals surface area contributed by atoms with Gasteiger partial charge in [-0.15, -0.1) is 0 Å². The van der Waals surface area contributed by atoms with E-state index in [2.05, 4.69) is 205 Å². The lowest BCUT2D eigenvalue weighted by atomic mass is 9.94. The Morgan fingerprint density at radius 1 is 0.569 bits per heavy atom. The van der Waals surface area contributed by atoms with Gasteiger partial charge in [-0.25, -0.2) is 0 Å². The molecule has 0 N–H and O–H groups in total. The maximum absolute atomic E-state index is 4.25. The highest BCUT2D eigenvalue weighted by molar-refractivity contribution is 6.01. The summed E-state index contributed by atoms with van der Waals surface area (Å²) in [6.07, 6.45) is 12.9. The van der Waals surface area contributed by atoms with Crippen LogP contribution in [0, 0.1) is 0 Å². The van der Waals surface area contributed by atoms with Crippen molar-refractivity contribution >= 4 is 51.4 Å². The Hall–Kier alpha value is -6.38. The van der Waals surface area contributed by atoms with Gasteiger partial charge in [0, 0.05) is 33.7 Å². The summed E-state index contributed by atoms with van der Waals surface area (Å²) in [5, 5.41) is 1.24. The van der Waals surface area contributed by atoms with Crippen molar-refractivity contribution < 1.29 is 0 Å². The number of anilines is 3. The topological polar surface area (TPSA) is 8.17 Å². The molecular weight excluding hydrogens is 617 g/mol. The lowest BCUT2D eigenvalue weighted by Crippen LogP contribution is -2.10. The van der Waals surface area contributed by atoms with E-state index in [1.807, 2.05) is 6.08 Å². The van der Waals surface area contributed by atoms with Crippen LogP contribution < -0.4 is 4.90 Å². The maximum atomic E-state index is 4.25. The van der Waals surface area contributed by atoms with Gasteiger partial charge in [-0.3, -0.25) is 0 Å². The van der Waals surface area contributed by atoms with Crippen LogP contribution in [0.2, 0.25) is 0 Å². The second-order valence-corrected chi connectivity index (χ2v) is 12.9. The van der Waals surface area contributed by atoms with Crippen LogP contribution in [0.4, 0.5) is 17.1 Å². The lowest BCUT2D eigenvalue weighted by molar-refractivity contribution is 1.03. The van der Waals surface area contributed by atoms with Crippen molar-refractivity contribution in [2.24, 2.45) is 0 Å². The van der Waals surface area contributed by atoms with E-state index in [-0.39, 0.29) is 0 Å². The number of hydrogen-bond acceptors (Lipinski definition) is 1. The zero-order chi connectivity index (χ0) is 34.6. The number of fused-ring (bicyclic) bond motifs is 1. The summed E-state index contributed by atoms with van der Waals surface area (Å²) in [6.45, 7) is 6.32. The minimum Gasteiger partial charge on any atom is -0.311 e. The molecule has 1 aliphatic carbocycles. The fraction of sp³-hybridized carbons (Fsp3) is 0.0612. The molecule has 2 heteroatoms. The number of hydrogen-bond donors (Lipinski definition) is 0. The van der Waals surface area contributed by atoms with Gasteiger partial charge in [0.1, 0.15) is 0 Å². The quantitative estimate of drug-likeness (QED) is 0.150. The minimum absolute atomic E-state index is 0.971. The molecular formula is C49H40N2. The van der Waals surface area contributed by atoms with Crippen LogP contribution in [0.5, 0.6) is 0 Å².